The molecule has 5 heteroatoms. The summed E-state index contributed by atoms with van der Waals surface area (Å²) in [6.45, 7) is 3.96. The van der Waals surface area contributed by atoms with Crippen LogP contribution in [0, 0.1) is 0 Å². The predicted octanol–water partition coefficient (Wildman–Crippen LogP) is 2.58. The van der Waals surface area contributed by atoms with E-state index >= 15 is 0 Å². The zero-order valence-electron chi connectivity index (χ0n) is 13.2. The summed E-state index contributed by atoms with van der Waals surface area (Å²) in [6.07, 6.45) is 0. The van der Waals surface area contributed by atoms with E-state index < -0.39 is 0 Å². The molecule has 1 heterocycles. The number of nitrogens with one attached hydrogen (secondary N) is 2. The zero-order chi connectivity index (χ0) is 16.4. The van der Waals surface area contributed by atoms with Crippen LogP contribution in [0.2, 0.25) is 0 Å². The highest BCUT2D eigenvalue weighted by atomic mass is 16.1. The molecule has 0 saturated carbocycles. The van der Waals surface area contributed by atoms with Gasteiger partial charge < -0.3 is 10.3 Å². The molecule has 0 aliphatic carbocycles. The molecule has 0 aliphatic heterocycles. The fourth-order valence-corrected chi connectivity index (χ4v) is 2.75. The lowest BCUT2D eigenvalue weighted by Gasteiger charge is -2.13. The number of nitrogens with zero attached hydrogens (tertiary/aromatic N) is 1. The molecule has 0 bridgehead atoms. The van der Waals surface area contributed by atoms with E-state index in [9.17, 15) is 9.59 Å². The average molecular weight is 309 g/mol. The molecule has 2 N–H and O–H groups in total. The smallest absolute Gasteiger partial charge is 0.326 e. The molecule has 1 amide bonds. The van der Waals surface area contributed by atoms with Crippen LogP contribution < -0.4 is 11.0 Å². The Morgan fingerprint density at radius 2 is 1.87 bits per heavy atom. The van der Waals surface area contributed by atoms with Crippen molar-refractivity contribution in [2.75, 3.05) is 0 Å². The van der Waals surface area contributed by atoms with Gasteiger partial charge >= 0.3 is 5.69 Å². The molecule has 118 valence electrons. The van der Waals surface area contributed by atoms with Gasteiger partial charge in [-0.15, -0.1) is 0 Å². The van der Waals surface area contributed by atoms with Crippen molar-refractivity contribution in [1.82, 2.24) is 14.9 Å². The van der Waals surface area contributed by atoms with Crippen LogP contribution >= 0.6 is 0 Å². The normalized spacial score (nSPS) is 12.3. The lowest BCUT2D eigenvalue weighted by atomic mass is 10.1. The number of carbonyl (C=O) groups excluding carboxylic acids is 1. The maximum Gasteiger partial charge on any atom is 0.326 e. The Hall–Kier alpha value is -2.82. The van der Waals surface area contributed by atoms with Crippen molar-refractivity contribution >= 4 is 16.9 Å². The monoisotopic (exact) mass is 309 g/mol. The molecule has 1 aromatic heterocycles. The van der Waals surface area contributed by atoms with Crippen LogP contribution in [0.1, 0.15) is 31.0 Å². The molecular weight excluding hydrogens is 290 g/mol. The van der Waals surface area contributed by atoms with Crippen LogP contribution in [0.15, 0.2) is 53.3 Å². The van der Waals surface area contributed by atoms with Gasteiger partial charge in [-0.25, -0.2) is 4.79 Å². The van der Waals surface area contributed by atoms with E-state index in [4.69, 9.17) is 0 Å². The van der Waals surface area contributed by atoms with Gasteiger partial charge in [-0.2, -0.15) is 0 Å². The molecule has 0 radical (unpaired) electrons. The third-order valence-electron chi connectivity index (χ3n) is 3.92. The molecule has 1 atom stereocenters. The first-order valence-corrected chi connectivity index (χ1v) is 7.58. The highest BCUT2D eigenvalue weighted by Gasteiger charge is 2.08. The van der Waals surface area contributed by atoms with Crippen LogP contribution in [-0.4, -0.2) is 15.5 Å². The second-order valence-electron chi connectivity index (χ2n) is 5.70. The molecule has 5 nitrogen and oxygen atoms in total. The van der Waals surface area contributed by atoms with E-state index in [0.29, 0.717) is 6.54 Å². The van der Waals surface area contributed by atoms with Gasteiger partial charge in [0.25, 0.3) is 0 Å². The van der Waals surface area contributed by atoms with E-state index in [0.717, 1.165) is 22.2 Å². The molecule has 0 aliphatic rings. The van der Waals surface area contributed by atoms with Gasteiger partial charge in [-0.3, -0.25) is 9.36 Å². The Labute approximate surface area is 134 Å². The number of hydrogen-bond donors (Lipinski definition) is 2. The van der Waals surface area contributed by atoms with Crippen LogP contribution in [0.4, 0.5) is 0 Å². The first-order chi connectivity index (χ1) is 11.0. The van der Waals surface area contributed by atoms with Crippen molar-refractivity contribution in [3.8, 4) is 0 Å². The number of imidazole rings is 1. The Balaban J connectivity index is 1.84. The quantitative estimate of drug-likeness (QED) is 0.778. The van der Waals surface area contributed by atoms with E-state index in [2.05, 4.69) is 10.3 Å². The minimum Gasteiger partial charge on any atom is -0.350 e. The highest BCUT2D eigenvalue weighted by Crippen LogP contribution is 2.15. The van der Waals surface area contributed by atoms with Crippen LogP contribution in [0.3, 0.4) is 0 Å². The summed E-state index contributed by atoms with van der Waals surface area (Å²) in [5.74, 6) is -0.0491. The van der Waals surface area contributed by atoms with Crippen molar-refractivity contribution in [2.24, 2.45) is 0 Å². The first-order valence-electron chi connectivity index (χ1n) is 7.58. The van der Waals surface area contributed by atoms with Crippen molar-refractivity contribution in [3.05, 3.63) is 70.1 Å². The summed E-state index contributed by atoms with van der Waals surface area (Å²) in [5, 5.41) is 2.86. The van der Waals surface area contributed by atoms with E-state index in [1.807, 2.05) is 55.5 Å². The molecule has 3 aromatic rings. The zero-order valence-corrected chi connectivity index (χ0v) is 13.2. The number of aromatic amines is 1. The summed E-state index contributed by atoms with van der Waals surface area (Å²) >= 11 is 0. The van der Waals surface area contributed by atoms with Gasteiger partial charge in [0.1, 0.15) is 0 Å². The predicted molar refractivity (Wildman–Crippen MR) is 90.3 cm³/mol. The maximum absolute atomic E-state index is 12.1. The summed E-state index contributed by atoms with van der Waals surface area (Å²) in [4.78, 5) is 26.1. The Kier molecular flexibility index (Phi) is 4.02. The fraction of sp³-hybridized carbons (Fsp3) is 0.222. The number of carbonyl (C=O) groups is 1. The largest absolute Gasteiger partial charge is 0.350 e. The number of rotatable bonds is 4. The average Bonchev–Trinajstić information content (AvgIpc) is 2.83. The minimum atomic E-state index is -0.109. The molecule has 0 unspecified atom stereocenters. The molecule has 23 heavy (non-hydrogen) atoms. The molecule has 0 spiro atoms. The maximum atomic E-state index is 12.1. The topological polar surface area (TPSA) is 66.9 Å². The first kappa shape index (κ1) is 15.1. The number of fused-ring (bicyclic) bond motifs is 1. The summed E-state index contributed by atoms with van der Waals surface area (Å²) in [5.41, 5.74) is 3.70. The second-order valence-corrected chi connectivity index (χ2v) is 5.70. The number of amides is 1. The van der Waals surface area contributed by atoms with Crippen molar-refractivity contribution in [3.63, 3.8) is 0 Å². The number of aromatic nitrogens is 2. The lowest BCUT2D eigenvalue weighted by Crippen LogP contribution is -2.23. The van der Waals surface area contributed by atoms with Gasteiger partial charge in [-0.05, 0) is 30.2 Å². The van der Waals surface area contributed by atoms with Gasteiger partial charge in [0, 0.05) is 6.92 Å². The van der Waals surface area contributed by atoms with Crippen LogP contribution in [-0.2, 0) is 11.3 Å². The van der Waals surface area contributed by atoms with Crippen molar-refractivity contribution in [2.45, 2.75) is 26.4 Å². The lowest BCUT2D eigenvalue weighted by molar-refractivity contribution is -0.119. The van der Waals surface area contributed by atoms with Gasteiger partial charge in [0.05, 0.1) is 23.6 Å². The molecule has 2 aromatic carbocycles. The second kappa shape index (κ2) is 6.12. The highest BCUT2D eigenvalue weighted by molar-refractivity contribution is 5.75. The van der Waals surface area contributed by atoms with Crippen LogP contribution in [0.25, 0.3) is 11.0 Å². The Bertz CT molecular complexity index is 891. The molecular formula is C18H19N3O2. The van der Waals surface area contributed by atoms with E-state index in [1.54, 1.807) is 4.57 Å². The number of para-hydroxylation sites is 2. The van der Waals surface area contributed by atoms with Crippen LogP contribution in [0.5, 0.6) is 0 Å². The molecule has 3 rings (SSSR count). The SMILES string of the molecule is CC(=O)N[C@H](C)c1ccc(Cn2c(=O)[nH]c3ccccc32)cc1. The minimum absolute atomic E-state index is 0.0302. The number of benzene rings is 2. The third-order valence-corrected chi connectivity index (χ3v) is 3.92. The summed E-state index contributed by atoms with van der Waals surface area (Å²) < 4.78 is 1.72. The standard InChI is InChI=1S/C18H19N3O2/c1-12(19-13(2)22)15-9-7-14(8-10-15)11-21-17-6-4-3-5-16(17)20-18(21)23/h3-10,12H,11H2,1-2H3,(H,19,22)(H,20,23)/t12-/m1/s1. The number of H-pyrrole nitrogens is 1. The van der Waals surface area contributed by atoms with Crippen molar-refractivity contribution in [1.29, 1.82) is 0 Å². The van der Waals surface area contributed by atoms with Crippen molar-refractivity contribution < 1.29 is 4.79 Å². The molecule has 0 saturated heterocycles. The van der Waals surface area contributed by atoms with E-state index in [-0.39, 0.29) is 17.6 Å². The van der Waals surface area contributed by atoms with E-state index in [1.165, 1.54) is 6.92 Å². The Morgan fingerprint density at radius 3 is 2.57 bits per heavy atom. The molecule has 0 fully saturated rings. The van der Waals surface area contributed by atoms with Gasteiger partial charge in [-0.1, -0.05) is 36.4 Å². The third kappa shape index (κ3) is 3.18. The number of hydrogen-bond acceptors (Lipinski definition) is 2. The van der Waals surface area contributed by atoms with Gasteiger partial charge in [0.2, 0.25) is 5.91 Å². The van der Waals surface area contributed by atoms with Gasteiger partial charge in [0.15, 0.2) is 0 Å². The Morgan fingerprint density at radius 1 is 1.17 bits per heavy atom. The summed E-state index contributed by atoms with van der Waals surface area (Å²) in [6, 6.07) is 15.6. The summed E-state index contributed by atoms with van der Waals surface area (Å²) in [7, 11) is 0. The fourth-order valence-electron chi connectivity index (χ4n) is 2.75.